The summed E-state index contributed by atoms with van der Waals surface area (Å²) in [5.74, 6) is 0. The molecule has 15 heavy (non-hydrogen) atoms. The lowest BCUT2D eigenvalue weighted by Crippen LogP contribution is -2.39. The molecule has 0 spiro atoms. The molecule has 0 rings (SSSR count). The van der Waals surface area contributed by atoms with Crippen molar-refractivity contribution in [2.75, 3.05) is 14.2 Å². The molecule has 0 heterocycles. The van der Waals surface area contributed by atoms with Crippen LogP contribution in [0.1, 0.15) is 25.7 Å². The second kappa shape index (κ2) is 8.43. The van der Waals surface area contributed by atoms with Gasteiger partial charge >= 0.3 is 8.56 Å². The summed E-state index contributed by atoms with van der Waals surface area (Å²) in [4.78, 5) is 0. The minimum Gasteiger partial charge on any atom is -0.398 e. The van der Waals surface area contributed by atoms with E-state index in [9.17, 15) is 0 Å². The van der Waals surface area contributed by atoms with Crippen molar-refractivity contribution in [2.45, 2.75) is 37.8 Å². The molecule has 0 N–H and O–H groups in total. The summed E-state index contributed by atoms with van der Waals surface area (Å²) >= 11 is 0. The van der Waals surface area contributed by atoms with Crippen LogP contribution in [0.3, 0.4) is 0 Å². The van der Waals surface area contributed by atoms with Crippen molar-refractivity contribution in [1.29, 1.82) is 10.5 Å². The fourth-order valence-electron chi connectivity index (χ4n) is 1.49. The summed E-state index contributed by atoms with van der Waals surface area (Å²) in [6, 6.07) is 5.89. The van der Waals surface area contributed by atoms with E-state index in [4.69, 9.17) is 19.4 Å². The normalized spacial score (nSPS) is 10.7. The van der Waals surface area contributed by atoms with Crippen molar-refractivity contribution in [3.8, 4) is 12.1 Å². The van der Waals surface area contributed by atoms with Gasteiger partial charge in [-0.1, -0.05) is 0 Å². The van der Waals surface area contributed by atoms with Crippen molar-refractivity contribution in [1.82, 2.24) is 0 Å². The number of nitriles is 2. The van der Waals surface area contributed by atoms with E-state index in [1.165, 1.54) is 0 Å². The van der Waals surface area contributed by atoms with Crippen LogP contribution < -0.4 is 0 Å². The van der Waals surface area contributed by atoms with Crippen molar-refractivity contribution in [3.63, 3.8) is 0 Å². The molecule has 0 radical (unpaired) electrons. The molecule has 0 aliphatic carbocycles. The highest BCUT2D eigenvalue weighted by Crippen LogP contribution is 2.22. The molecule has 0 saturated carbocycles. The average molecular weight is 226 g/mol. The standard InChI is InChI=1S/C10H18N2O2Si/c1-13-15(14-2,9-5-3-7-11)10-6-4-8-12/h3-6,9-10H2,1-2H3. The molecule has 0 atom stereocenters. The summed E-state index contributed by atoms with van der Waals surface area (Å²) in [5, 5.41) is 16.9. The Bertz CT molecular complexity index is 219. The van der Waals surface area contributed by atoms with Crippen LogP contribution in [-0.2, 0) is 8.85 Å². The fourth-order valence-corrected chi connectivity index (χ4v) is 4.15. The molecule has 0 saturated heterocycles. The Morgan fingerprint density at radius 2 is 1.33 bits per heavy atom. The summed E-state index contributed by atoms with van der Waals surface area (Å²) in [7, 11) is 1.20. The first kappa shape index (κ1) is 14.1. The summed E-state index contributed by atoms with van der Waals surface area (Å²) in [5.41, 5.74) is 0. The van der Waals surface area contributed by atoms with Gasteiger partial charge in [-0.25, -0.2) is 0 Å². The molecule has 84 valence electrons. The van der Waals surface area contributed by atoms with Gasteiger partial charge in [-0.05, 0) is 24.9 Å². The average Bonchev–Trinajstić information content (AvgIpc) is 2.28. The van der Waals surface area contributed by atoms with Crippen molar-refractivity contribution >= 4 is 8.56 Å². The molecule has 4 nitrogen and oxygen atoms in total. The van der Waals surface area contributed by atoms with E-state index >= 15 is 0 Å². The van der Waals surface area contributed by atoms with Crippen LogP contribution in [0.2, 0.25) is 12.1 Å². The zero-order valence-corrected chi connectivity index (χ0v) is 10.5. The molecule has 0 fully saturated rings. The van der Waals surface area contributed by atoms with E-state index in [-0.39, 0.29) is 0 Å². The fraction of sp³-hybridized carbons (Fsp3) is 0.800. The highest BCUT2D eigenvalue weighted by atomic mass is 28.4. The van der Waals surface area contributed by atoms with Gasteiger partial charge in [0.25, 0.3) is 0 Å². The van der Waals surface area contributed by atoms with Crippen LogP contribution in [0, 0.1) is 22.7 Å². The molecule has 0 aromatic rings. The number of hydrogen-bond acceptors (Lipinski definition) is 4. The monoisotopic (exact) mass is 226 g/mol. The van der Waals surface area contributed by atoms with E-state index in [1.807, 2.05) is 0 Å². The van der Waals surface area contributed by atoms with Crippen molar-refractivity contribution in [2.24, 2.45) is 0 Å². The topological polar surface area (TPSA) is 66.0 Å². The zero-order chi connectivity index (χ0) is 11.6. The van der Waals surface area contributed by atoms with Gasteiger partial charge < -0.3 is 8.85 Å². The van der Waals surface area contributed by atoms with E-state index in [2.05, 4.69) is 12.1 Å². The minimum absolute atomic E-state index is 0.541. The van der Waals surface area contributed by atoms with Crippen LogP contribution in [0.15, 0.2) is 0 Å². The SMILES string of the molecule is CO[Si](CCCC#N)(CCCC#N)OC. The van der Waals surface area contributed by atoms with Gasteiger partial charge in [0.15, 0.2) is 0 Å². The van der Waals surface area contributed by atoms with E-state index in [1.54, 1.807) is 14.2 Å². The van der Waals surface area contributed by atoms with Gasteiger partial charge in [-0.15, -0.1) is 0 Å². The lowest BCUT2D eigenvalue weighted by molar-refractivity contribution is 0.239. The lowest BCUT2D eigenvalue weighted by atomic mass is 10.4. The maximum Gasteiger partial charge on any atom is 0.337 e. The highest BCUT2D eigenvalue weighted by Gasteiger charge is 2.33. The number of nitrogens with zero attached hydrogens (tertiary/aromatic N) is 2. The van der Waals surface area contributed by atoms with Gasteiger partial charge in [0.1, 0.15) is 0 Å². The maximum atomic E-state index is 8.46. The molecule has 0 aromatic carbocycles. The van der Waals surface area contributed by atoms with Crippen LogP contribution >= 0.6 is 0 Å². The van der Waals surface area contributed by atoms with E-state index in [0.29, 0.717) is 12.8 Å². The molecule has 5 heteroatoms. The molecule has 0 aromatic heterocycles. The van der Waals surface area contributed by atoms with Gasteiger partial charge in [-0.2, -0.15) is 10.5 Å². The third-order valence-corrected chi connectivity index (χ3v) is 6.16. The maximum absolute atomic E-state index is 8.46. The van der Waals surface area contributed by atoms with Crippen molar-refractivity contribution in [3.05, 3.63) is 0 Å². The Kier molecular flexibility index (Phi) is 7.93. The Morgan fingerprint density at radius 3 is 1.60 bits per heavy atom. The van der Waals surface area contributed by atoms with Gasteiger partial charge in [-0.3, -0.25) is 0 Å². The van der Waals surface area contributed by atoms with Crippen LogP contribution in [-0.4, -0.2) is 22.8 Å². The number of hydrogen-bond donors (Lipinski definition) is 0. The third-order valence-electron chi connectivity index (χ3n) is 2.44. The first-order valence-corrected chi connectivity index (χ1v) is 7.32. The number of unbranched alkanes of at least 4 members (excludes halogenated alkanes) is 2. The van der Waals surface area contributed by atoms with E-state index < -0.39 is 8.56 Å². The van der Waals surface area contributed by atoms with Gasteiger partial charge in [0, 0.05) is 27.1 Å². The van der Waals surface area contributed by atoms with E-state index in [0.717, 1.165) is 24.9 Å². The van der Waals surface area contributed by atoms with Gasteiger partial charge in [0.2, 0.25) is 0 Å². The largest absolute Gasteiger partial charge is 0.398 e. The Hall–Kier alpha value is -0.883. The smallest absolute Gasteiger partial charge is 0.337 e. The second-order valence-corrected chi connectivity index (χ2v) is 6.98. The molecule has 0 aliphatic heterocycles. The van der Waals surface area contributed by atoms with Gasteiger partial charge in [0.05, 0.1) is 12.1 Å². The molecule has 0 amide bonds. The number of rotatable bonds is 8. The minimum atomic E-state index is -2.12. The molecule has 0 unspecified atom stereocenters. The molecular formula is C10H18N2O2Si. The quantitative estimate of drug-likeness (QED) is 0.470. The zero-order valence-electron chi connectivity index (χ0n) is 9.45. The Balaban J connectivity index is 4.07. The first-order chi connectivity index (χ1) is 7.24. The lowest BCUT2D eigenvalue weighted by Gasteiger charge is -2.26. The van der Waals surface area contributed by atoms with Crippen molar-refractivity contribution < 1.29 is 8.85 Å². The summed E-state index contributed by atoms with van der Waals surface area (Å²) in [6.07, 6.45) is 2.72. The predicted octanol–water partition coefficient (Wildman–Crippen LogP) is 2.33. The Morgan fingerprint density at radius 1 is 0.933 bits per heavy atom. The molecular weight excluding hydrogens is 208 g/mol. The predicted molar refractivity (Wildman–Crippen MR) is 59.1 cm³/mol. The molecule has 0 bridgehead atoms. The summed E-state index contributed by atoms with van der Waals surface area (Å²) in [6.45, 7) is 0. The summed E-state index contributed by atoms with van der Waals surface area (Å²) < 4.78 is 11.0. The third kappa shape index (κ3) is 5.53. The van der Waals surface area contributed by atoms with Crippen LogP contribution in [0.5, 0.6) is 0 Å². The van der Waals surface area contributed by atoms with Crippen LogP contribution in [0.25, 0.3) is 0 Å². The molecule has 0 aliphatic rings. The Labute approximate surface area is 92.7 Å². The van der Waals surface area contributed by atoms with Crippen LogP contribution in [0.4, 0.5) is 0 Å². The highest BCUT2D eigenvalue weighted by molar-refractivity contribution is 6.67. The first-order valence-electron chi connectivity index (χ1n) is 5.09. The second-order valence-electron chi connectivity index (χ2n) is 3.34.